The number of piperidine rings is 1. The highest BCUT2D eigenvalue weighted by Crippen LogP contribution is 2.37. The van der Waals surface area contributed by atoms with Crippen LogP contribution < -0.4 is 10.5 Å². The van der Waals surface area contributed by atoms with Crippen LogP contribution in [-0.4, -0.2) is 27.6 Å². The van der Waals surface area contributed by atoms with Gasteiger partial charge in [-0.25, -0.2) is 4.98 Å². The average molecular weight is 527 g/mol. The van der Waals surface area contributed by atoms with Crippen LogP contribution in [0, 0.1) is 19.8 Å². The van der Waals surface area contributed by atoms with E-state index in [1.165, 1.54) is 22.8 Å². The molecule has 9 heteroatoms. The molecule has 0 radical (unpaired) electrons. The summed E-state index contributed by atoms with van der Waals surface area (Å²) in [6.45, 7) is 5.13. The number of nitrogens with zero attached hydrogens (tertiary/aromatic N) is 4. The number of halogens is 4. The monoisotopic (exact) mass is 526 g/mol. The van der Waals surface area contributed by atoms with Gasteiger partial charge in [0.1, 0.15) is 5.82 Å². The topological polar surface area (TPSA) is 51.0 Å². The van der Waals surface area contributed by atoms with Crippen molar-refractivity contribution < 1.29 is 13.2 Å². The summed E-state index contributed by atoms with van der Waals surface area (Å²) in [4.78, 5) is 23.4. The maximum absolute atomic E-state index is 13.5. The van der Waals surface area contributed by atoms with Gasteiger partial charge in [0.05, 0.1) is 27.5 Å². The maximum Gasteiger partial charge on any atom is 0.417 e. The van der Waals surface area contributed by atoms with Crippen molar-refractivity contribution in [2.24, 2.45) is 5.92 Å². The number of pyridine rings is 1. The van der Waals surface area contributed by atoms with Crippen LogP contribution in [0.15, 0.2) is 59.5 Å². The molecule has 3 heterocycles. The van der Waals surface area contributed by atoms with E-state index in [4.69, 9.17) is 11.6 Å². The van der Waals surface area contributed by atoms with Crippen LogP contribution in [-0.2, 0) is 12.6 Å². The third-order valence-corrected chi connectivity index (χ3v) is 7.33. The van der Waals surface area contributed by atoms with E-state index in [-0.39, 0.29) is 10.9 Å². The van der Waals surface area contributed by atoms with Crippen molar-refractivity contribution in [3.05, 3.63) is 92.7 Å². The van der Waals surface area contributed by atoms with E-state index in [1.807, 2.05) is 12.1 Å². The van der Waals surface area contributed by atoms with Gasteiger partial charge in [0.2, 0.25) is 0 Å². The average Bonchev–Trinajstić information content (AvgIpc) is 2.84. The molecule has 0 saturated carbocycles. The number of alkyl halides is 3. The van der Waals surface area contributed by atoms with Crippen LogP contribution in [0.4, 0.5) is 18.9 Å². The van der Waals surface area contributed by atoms with Crippen molar-refractivity contribution in [3.8, 4) is 5.69 Å². The maximum atomic E-state index is 13.5. The predicted molar refractivity (Wildman–Crippen MR) is 140 cm³/mol. The second kappa shape index (κ2) is 9.82. The van der Waals surface area contributed by atoms with Crippen molar-refractivity contribution in [1.82, 2.24) is 14.5 Å². The molecule has 4 aromatic rings. The first-order valence-corrected chi connectivity index (χ1v) is 12.6. The summed E-state index contributed by atoms with van der Waals surface area (Å²) in [7, 11) is 0. The number of benzene rings is 2. The van der Waals surface area contributed by atoms with Gasteiger partial charge in [-0.3, -0.25) is 14.3 Å². The van der Waals surface area contributed by atoms with Gasteiger partial charge in [-0.1, -0.05) is 23.7 Å². The molecule has 2 aromatic carbocycles. The zero-order valence-electron chi connectivity index (χ0n) is 20.5. The largest absolute Gasteiger partial charge is 0.417 e. The smallest absolute Gasteiger partial charge is 0.370 e. The standard InChI is InChI=1S/C28H26ClF3N4O/c1-17-14-26(37)36(18(2)34-17)21-6-8-25(24(29)16-21)35-12-9-19(10-13-35)15-20-5-7-23(28(30,31)32)22-4-3-11-33-27(20)22/h3-8,11,14,16,19H,9-10,12-13,15H2,1-2H3. The summed E-state index contributed by atoms with van der Waals surface area (Å²) < 4.78 is 41.9. The molecule has 37 heavy (non-hydrogen) atoms. The van der Waals surface area contributed by atoms with Gasteiger partial charge < -0.3 is 4.90 Å². The van der Waals surface area contributed by atoms with E-state index in [0.29, 0.717) is 40.1 Å². The van der Waals surface area contributed by atoms with Crippen LogP contribution >= 0.6 is 11.6 Å². The number of hydrogen-bond acceptors (Lipinski definition) is 4. The fourth-order valence-electron chi connectivity index (χ4n) is 5.28. The molecule has 0 aliphatic carbocycles. The van der Waals surface area contributed by atoms with Gasteiger partial charge in [-0.2, -0.15) is 13.2 Å². The normalized spacial score (nSPS) is 14.9. The Morgan fingerprint density at radius 3 is 2.49 bits per heavy atom. The molecule has 1 fully saturated rings. The number of aryl methyl sites for hydroxylation is 2. The predicted octanol–water partition coefficient (Wildman–Crippen LogP) is 6.53. The van der Waals surface area contributed by atoms with Gasteiger partial charge >= 0.3 is 6.18 Å². The van der Waals surface area contributed by atoms with Gasteiger partial charge in [0, 0.05) is 36.4 Å². The minimum Gasteiger partial charge on any atom is -0.370 e. The van der Waals surface area contributed by atoms with Crippen LogP contribution in [0.25, 0.3) is 16.6 Å². The second-order valence-electron chi connectivity index (χ2n) is 9.56. The van der Waals surface area contributed by atoms with E-state index in [0.717, 1.165) is 37.2 Å². The number of hydrogen-bond donors (Lipinski definition) is 0. The molecule has 0 spiro atoms. The molecule has 1 aliphatic rings. The Balaban J connectivity index is 1.31. The molecule has 0 unspecified atom stereocenters. The van der Waals surface area contributed by atoms with Gasteiger partial charge in [-0.05, 0) is 74.9 Å². The lowest BCUT2D eigenvalue weighted by molar-refractivity contribution is -0.136. The summed E-state index contributed by atoms with van der Waals surface area (Å²) in [5, 5.41) is 0.704. The van der Waals surface area contributed by atoms with Gasteiger partial charge in [0.15, 0.2) is 0 Å². The molecule has 2 aromatic heterocycles. The van der Waals surface area contributed by atoms with Crippen molar-refractivity contribution in [2.75, 3.05) is 18.0 Å². The van der Waals surface area contributed by atoms with Crippen molar-refractivity contribution >= 4 is 28.2 Å². The van der Waals surface area contributed by atoms with Gasteiger partial charge in [-0.15, -0.1) is 0 Å². The lowest BCUT2D eigenvalue weighted by Crippen LogP contribution is -2.34. The fraction of sp³-hybridized carbons (Fsp3) is 0.321. The third-order valence-electron chi connectivity index (χ3n) is 7.03. The van der Waals surface area contributed by atoms with E-state index in [2.05, 4.69) is 14.9 Å². The number of anilines is 1. The lowest BCUT2D eigenvalue weighted by Gasteiger charge is -2.34. The first-order chi connectivity index (χ1) is 17.6. The molecule has 192 valence electrons. The number of aromatic nitrogens is 3. The highest BCUT2D eigenvalue weighted by Gasteiger charge is 2.33. The molecular formula is C28H26ClF3N4O. The van der Waals surface area contributed by atoms with Crippen molar-refractivity contribution in [1.29, 1.82) is 0 Å². The fourth-order valence-corrected chi connectivity index (χ4v) is 5.57. The Labute approximate surface area is 217 Å². The SMILES string of the molecule is Cc1cc(=O)n(-c2ccc(N3CCC(Cc4ccc(C(F)(F)F)c5cccnc45)CC3)c(Cl)c2)c(C)n1. The zero-order chi connectivity index (χ0) is 26.3. The molecule has 1 aliphatic heterocycles. The molecule has 0 N–H and O–H groups in total. The summed E-state index contributed by atoms with van der Waals surface area (Å²) in [6.07, 6.45) is -0.429. The molecule has 5 nitrogen and oxygen atoms in total. The quantitative estimate of drug-likeness (QED) is 0.303. The van der Waals surface area contributed by atoms with Crippen LogP contribution in [0.2, 0.25) is 5.02 Å². The molecule has 0 bridgehead atoms. The first kappa shape index (κ1) is 25.3. The van der Waals surface area contributed by atoms with E-state index < -0.39 is 11.7 Å². The van der Waals surface area contributed by atoms with Crippen LogP contribution in [0.5, 0.6) is 0 Å². The molecular weight excluding hydrogens is 501 g/mol. The van der Waals surface area contributed by atoms with Crippen LogP contribution in [0.1, 0.15) is 35.5 Å². The van der Waals surface area contributed by atoms with E-state index in [1.54, 1.807) is 38.2 Å². The third kappa shape index (κ3) is 5.07. The minimum atomic E-state index is -4.41. The highest BCUT2D eigenvalue weighted by atomic mass is 35.5. The minimum absolute atomic E-state index is 0.148. The Kier molecular flexibility index (Phi) is 6.70. The van der Waals surface area contributed by atoms with Crippen LogP contribution in [0.3, 0.4) is 0 Å². The van der Waals surface area contributed by atoms with Gasteiger partial charge in [0.25, 0.3) is 5.56 Å². The molecule has 1 saturated heterocycles. The number of rotatable bonds is 4. The summed E-state index contributed by atoms with van der Waals surface area (Å²) >= 11 is 6.65. The first-order valence-electron chi connectivity index (χ1n) is 12.2. The zero-order valence-corrected chi connectivity index (χ0v) is 21.3. The molecule has 5 rings (SSSR count). The highest BCUT2D eigenvalue weighted by molar-refractivity contribution is 6.33. The lowest BCUT2D eigenvalue weighted by atomic mass is 9.88. The summed E-state index contributed by atoms with van der Waals surface area (Å²) in [5.41, 5.74) is 2.71. The van der Waals surface area contributed by atoms with E-state index in [9.17, 15) is 18.0 Å². The Bertz CT molecular complexity index is 1520. The molecule has 0 atom stereocenters. The summed E-state index contributed by atoms with van der Waals surface area (Å²) in [5.74, 6) is 0.927. The Hall–Kier alpha value is -3.39. The second-order valence-corrected chi connectivity index (χ2v) is 9.97. The number of fused-ring (bicyclic) bond motifs is 1. The van der Waals surface area contributed by atoms with Crippen molar-refractivity contribution in [3.63, 3.8) is 0 Å². The Morgan fingerprint density at radius 1 is 1.05 bits per heavy atom. The Morgan fingerprint density at radius 2 is 1.81 bits per heavy atom. The summed E-state index contributed by atoms with van der Waals surface area (Å²) in [6, 6.07) is 12.9. The molecule has 0 amide bonds. The van der Waals surface area contributed by atoms with Crippen molar-refractivity contribution in [2.45, 2.75) is 39.3 Å². The van der Waals surface area contributed by atoms with E-state index >= 15 is 0 Å².